The van der Waals surface area contributed by atoms with Crippen LogP contribution in [0.1, 0.15) is 78.6 Å². The van der Waals surface area contributed by atoms with E-state index in [1.807, 2.05) is 0 Å². The zero-order chi connectivity index (χ0) is 16.0. The number of rotatable bonds is 12. The SMILES string of the molecule is CCCCCCCCCC/C(=C\C(C)C)[Se]c1ccccc1. The number of allylic oxidation sites excluding steroid dienone is 2. The summed E-state index contributed by atoms with van der Waals surface area (Å²) >= 11 is 0.520. The van der Waals surface area contributed by atoms with E-state index < -0.39 is 0 Å². The minimum atomic E-state index is 0.520. The second-order valence-electron chi connectivity index (χ2n) is 6.52. The summed E-state index contributed by atoms with van der Waals surface area (Å²) in [6, 6.07) is 11.0. The van der Waals surface area contributed by atoms with Crippen LogP contribution in [0, 0.1) is 5.92 Å². The molecule has 0 aliphatic heterocycles. The van der Waals surface area contributed by atoms with E-state index in [4.69, 9.17) is 0 Å². The fourth-order valence-corrected chi connectivity index (χ4v) is 5.09. The number of hydrogen-bond donors (Lipinski definition) is 0. The van der Waals surface area contributed by atoms with Gasteiger partial charge < -0.3 is 0 Å². The first-order chi connectivity index (χ1) is 10.7. The number of unbranched alkanes of at least 4 members (excludes halogenated alkanes) is 7. The molecular weight excluding hydrogens is 331 g/mol. The maximum atomic E-state index is 2.51. The summed E-state index contributed by atoms with van der Waals surface area (Å²) in [5, 5.41) is 0. The Morgan fingerprint density at radius 2 is 1.50 bits per heavy atom. The van der Waals surface area contributed by atoms with Crippen molar-refractivity contribution in [2.75, 3.05) is 0 Å². The minimum absolute atomic E-state index is 0.520. The molecule has 1 aromatic carbocycles. The molecule has 1 rings (SSSR count). The van der Waals surface area contributed by atoms with E-state index in [9.17, 15) is 0 Å². The fraction of sp³-hybridized carbons (Fsp3) is 0.619. The molecule has 0 spiro atoms. The van der Waals surface area contributed by atoms with Gasteiger partial charge in [0.1, 0.15) is 0 Å². The molecule has 124 valence electrons. The van der Waals surface area contributed by atoms with Crippen molar-refractivity contribution in [2.45, 2.75) is 78.6 Å². The summed E-state index contributed by atoms with van der Waals surface area (Å²) in [6.45, 7) is 6.89. The third-order valence-corrected chi connectivity index (χ3v) is 6.12. The Kier molecular flexibility index (Phi) is 11.5. The van der Waals surface area contributed by atoms with E-state index in [1.165, 1.54) is 62.2 Å². The molecular formula is C21H34Se. The summed E-state index contributed by atoms with van der Waals surface area (Å²) in [4.78, 5) is 0. The second kappa shape index (κ2) is 13.0. The van der Waals surface area contributed by atoms with Crippen LogP contribution in [-0.4, -0.2) is 15.0 Å². The van der Waals surface area contributed by atoms with Crippen LogP contribution in [0.5, 0.6) is 0 Å². The molecule has 0 amide bonds. The van der Waals surface area contributed by atoms with Crippen LogP contribution in [0.2, 0.25) is 0 Å². The van der Waals surface area contributed by atoms with E-state index in [1.54, 1.807) is 4.47 Å². The zero-order valence-electron chi connectivity index (χ0n) is 14.8. The Balaban J connectivity index is 2.25. The van der Waals surface area contributed by atoms with Crippen molar-refractivity contribution in [2.24, 2.45) is 5.92 Å². The first kappa shape index (κ1) is 19.5. The van der Waals surface area contributed by atoms with Crippen molar-refractivity contribution in [1.82, 2.24) is 0 Å². The Morgan fingerprint density at radius 3 is 2.09 bits per heavy atom. The van der Waals surface area contributed by atoms with E-state index in [-0.39, 0.29) is 0 Å². The Labute approximate surface area is 144 Å². The Morgan fingerprint density at radius 1 is 0.909 bits per heavy atom. The Bertz CT molecular complexity index is 392. The van der Waals surface area contributed by atoms with Gasteiger partial charge in [-0.1, -0.05) is 0 Å². The molecule has 0 saturated heterocycles. The van der Waals surface area contributed by atoms with E-state index >= 15 is 0 Å². The van der Waals surface area contributed by atoms with Crippen LogP contribution in [0.25, 0.3) is 0 Å². The van der Waals surface area contributed by atoms with E-state index in [0.29, 0.717) is 20.9 Å². The van der Waals surface area contributed by atoms with Gasteiger partial charge in [0.25, 0.3) is 0 Å². The molecule has 0 N–H and O–H groups in total. The van der Waals surface area contributed by atoms with Gasteiger partial charge in [-0.3, -0.25) is 0 Å². The summed E-state index contributed by atoms with van der Waals surface area (Å²) in [5.74, 6) is 0.676. The molecule has 0 unspecified atom stereocenters. The average molecular weight is 365 g/mol. The molecule has 0 atom stereocenters. The molecule has 0 fully saturated rings. The summed E-state index contributed by atoms with van der Waals surface area (Å²) in [6.07, 6.45) is 15.1. The molecule has 1 heteroatoms. The van der Waals surface area contributed by atoms with E-state index in [0.717, 1.165) is 0 Å². The zero-order valence-corrected chi connectivity index (χ0v) is 16.5. The summed E-state index contributed by atoms with van der Waals surface area (Å²) < 4.78 is 3.21. The average Bonchev–Trinajstić information content (AvgIpc) is 2.50. The first-order valence-corrected chi connectivity index (χ1v) is 10.9. The van der Waals surface area contributed by atoms with Gasteiger partial charge in [-0.2, -0.15) is 0 Å². The first-order valence-electron chi connectivity index (χ1n) is 9.16. The monoisotopic (exact) mass is 366 g/mol. The predicted octanol–water partition coefficient (Wildman–Crippen LogP) is 6.09. The quantitative estimate of drug-likeness (QED) is 0.311. The van der Waals surface area contributed by atoms with Gasteiger partial charge in [0.2, 0.25) is 0 Å². The molecule has 0 nitrogen and oxygen atoms in total. The molecule has 0 aliphatic carbocycles. The molecule has 0 aliphatic rings. The van der Waals surface area contributed by atoms with Gasteiger partial charge >= 0.3 is 145 Å². The van der Waals surface area contributed by atoms with Gasteiger partial charge in [0.05, 0.1) is 0 Å². The predicted molar refractivity (Wildman–Crippen MR) is 102 cm³/mol. The van der Waals surface area contributed by atoms with Gasteiger partial charge in [-0.15, -0.1) is 0 Å². The maximum absolute atomic E-state index is 2.51. The molecule has 0 aromatic heterocycles. The van der Waals surface area contributed by atoms with Gasteiger partial charge in [0.15, 0.2) is 0 Å². The van der Waals surface area contributed by atoms with Crippen molar-refractivity contribution in [3.05, 3.63) is 40.9 Å². The van der Waals surface area contributed by atoms with Crippen LogP contribution in [0.4, 0.5) is 0 Å². The van der Waals surface area contributed by atoms with E-state index in [2.05, 4.69) is 57.2 Å². The summed E-state index contributed by atoms with van der Waals surface area (Å²) in [5.41, 5.74) is 0. The van der Waals surface area contributed by atoms with Gasteiger partial charge in [0, 0.05) is 0 Å². The molecule has 1 aromatic rings. The molecule has 0 saturated carbocycles. The van der Waals surface area contributed by atoms with Crippen LogP contribution in [0.15, 0.2) is 40.9 Å². The van der Waals surface area contributed by atoms with Crippen molar-refractivity contribution in [1.29, 1.82) is 0 Å². The van der Waals surface area contributed by atoms with Crippen molar-refractivity contribution >= 4 is 19.4 Å². The van der Waals surface area contributed by atoms with Crippen LogP contribution >= 0.6 is 0 Å². The topological polar surface area (TPSA) is 0 Å². The fourth-order valence-electron chi connectivity index (χ4n) is 2.61. The van der Waals surface area contributed by atoms with Crippen molar-refractivity contribution < 1.29 is 0 Å². The van der Waals surface area contributed by atoms with Crippen molar-refractivity contribution in [3.63, 3.8) is 0 Å². The van der Waals surface area contributed by atoms with Crippen LogP contribution < -0.4 is 4.46 Å². The molecule has 0 bridgehead atoms. The van der Waals surface area contributed by atoms with Gasteiger partial charge in [-0.05, 0) is 0 Å². The Hall–Kier alpha value is -0.521. The number of benzene rings is 1. The molecule has 22 heavy (non-hydrogen) atoms. The number of hydrogen-bond acceptors (Lipinski definition) is 0. The third-order valence-electron chi connectivity index (χ3n) is 3.79. The molecule has 0 heterocycles. The standard InChI is InChI=1S/C21H34Se/c1-4-5-6-7-8-9-10-12-17-21(18-19(2)3)22-20-15-13-11-14-16-20/h11,13-16,18-19H,4-10,12,17H2,1-3H3/b21-18+. The second-order valence-corrected chi connectivity index (χ2v) is 9.03. The van der Waals surface area contributed by atoms with Crippen molar-refractivity contribution in [3.8, 4) is 0 Å². The normalized spacial score (nSPS) is 12.1. The van der Waals surface area contributed by atoms with Gasteiger partial charge in [-0.25, -0.2) is 0 Å². The molecule has 0 radical (unpaired) electrons. The van der Waals surface area contributed by atoms with Crippen LogP contribution in [-0.2, 0) is 0 Å². The summed E-state index contributed by atoms with van der Waals surface area (Å²) in [7, 11) is 0. The third kappa shape index (κ3) is 10.2. The van der Waals surface area contributed by atoms with Crippen LogP contribution in [0.3, 0.4) is 0 Å².